The minimum absolute atomic E-state index is 0. The van der Waals surface area contributed by atoms with E-state index in [1.807, 2.05) is 0 Å². The molecule has 0 rings (SSSR count). The molecule has 4 heavy (non-hydrogen) atoms. The first-order valence-corrected chi connectivity index (χ1v) is 0. The van der Waals surface area contributed by atoms with E-state index >= 15 is 0 Å². The van der Waals surface area contributed by atoms with Crippen molar-refractivity contribution < 1.29 is 51.0 Å². The minimum Gasteiger partial charge on any atom is -1.00 e. The van der Waals surface area contributed by atoms with Crippen LogP contribution in [0.15, 0.2) is 0 Å². The SMILES string of the molecule is [Cl-].[Cl-].[Mg+2].[Zr+4]. The molecule has 0 heterocycles. The fourth-order valence-corrected chi connectivity index (χ4v) is 0. The minimum atomic E-state index is 0. The Labute approximate surface area is 73.2 Å². The van der Waals surface area contributed by atoms with E-state index in [1.165, 1.54) is 0 Å². The molecule has 0 aromatic heterocycles. The predicted octanol–water partition coefficient (Wildman–Crippen LogP) is -6.38. The van der Waals surface area contributed by atoms with Crippen LogP contribution in [0, 0.1) is 0 Å². The molecule has 0 atom stereocenters. The topological polar surface area (TPSA) is 0 Å². The Bertz CT molecular complexity index is 6.00. The summed E-state index contributed by atoms with van der Waals surface area (Å²) in [5.74, 6) is 0. The standard InChI is InChI=1S/2ClH.Mg.Zr/h2*1H;;/q;;+2;+4/p-2. The molecule has 16 valence electrons. The third kappa shape index (κ3) is 8.87. The van der Waals surface area contributed by atoms with Crippen molar-refractivity contribution in [3.63, 3.8) is 0 Å². The van der Waals surface area contributed by atoms with Crippen molar-refractivity contribution >= 4 is 23.1 Å². The van der Waals surface area contributed by atoms with Gasteiger partial charge in [0.1, 0.15) is 0 Å². The van der Waals surface area contributed by atoms with Crippen molar-refractivity contribution in [1.29, 1.82) is 0 Å². The van der Waals surface area contributed by atoms with Crippen LogP contribution >= 0.6 is 0 Å². The summed E-state index contributed by atoms with van der Waals surface area (Å²) < 4.78 is 0. The van der Waals surface area contributed by atoms with Gasteiger partial charge in [0.25, 0.3) is 0 Å². The molecule has 0 fully saturated rings. The third-order valence-corrected chi connectivity index (χ3v) is 0. The molecule has 0 aliphatic heterocycles. The van der Waals surface area contributed by atoms with Gasteiger partial charge in [-0.05, 0) is 0 Å². The van der Waals surface area contributed by atoms with E-state index < -0.39 is 0 Å². The Balaban J connectivity index is 0. The van der Waals surface area contributed by atoms with Crippen LogP contribution in [0.3, 0.4) is 0 Å². The van der Waals surface area contributed by atoms with Crippen molar-refractivity contribution in [1.82, 2.24) is 0 Å². The van der Waals surface area contributed by atoms with Crippen LogP contribution in [-0.4, -0.2) is 23.1 Å². The first-order valence-electron chi connectivity index (χ1n) is 0. The fraction of sp³-hybridized carbons (Fsp3) is 0. The van der Waals surface area contributed by atoms with Gasteiger partial charge < -0.3 is 24.8 Å². The average Bonchev–Trinajstić information content (AvgIpc) is 0. The van der Waals surface area contributed by atoms with Crippen LogP contribution in [0.25, 0.3) is 0 Å². The number of hydrogen-bond acceptors (Lipinski definition) is 0. The van der Waals surface area contributed by atoms with Crippen molar-refractivity contribution in [3.8, 4) is 0 Å². The molecule has 0 amide bonds. The molecule has 0 aromatic rings. The summed E-state index contributed by atoms with van der Waals surface area (Å²) >= 11 is 0. The summed E-state index contributed by atoms with van der Waals surface area (Å²) in [5, 5.41) is 0. The Morgan fingerprint density at radius 3 is 0.750 bits per heavy atom. The zero-order valence-corrected chi connectivity index (χ0v) is 7.35. The second kappa shape index (κ2) is 18.8. The summed E-state index contributed by atoms with van der Waals surface area (Å²) in [6.07, 6.45) is 0. The van der Waals surface area contributed by atoms with Crippen molar-refractivity contribution in [2.45, 2.75) is 0 Å². The Hall–Kier alpha value is 2.23. The molecular formula is Cl2MgZr+4. The summed E-state index contributed by atoms with van der Waals surface area (Å²) in [6, 6.07) is 0. The summed E-state index contributed by atoms with van der Waals surface area (Å²) in [4.78, 5) is 0. The molecule has 0 unspecified atom stereocenters. The van der Waals surface area contributed by atoms with Crippen LogP contribution in [0.5, 0.6) is 0 Å². The van der Waals surface area contributed by atoms with Crippen LogP contribution in [0.2, 0.25) is 0 Å². The van der Waals surface area contributed by atoms with E-state index in [9.17, 15) is 0 Å². The van der Waals surface area contributed by atoms with Gasteiger partial charge in [-0.1, -0.05) is 0 Å². The second-order valence-electron chi connectivity index (χ2n) is 0. The van der Waals surface area contributed by atoms with E-state index in [0.717, 1.165) is 0 Å². The van der Waals surface area contributed by atoms with Gasteiger partial charge in [-0.3, -0.25) is 0 Å². The van der Waals surface area contributed by atoms with Crippen LogP contribution in [-0.2, 0) is 26.2 Å². The van der Waals surface area contributed by atoms with Crippen LogP contribution in [0.4, 0.5) is 0 Å². The fourth-order valence-electron chi connectivity index (χ4n) is 0. The molecule has 0 nitrogen and oxygen atoms in total. The zero-order valence-electron chi connectivity index (χ0n) is 1.96. The first-order chi connectivity index (χ1) is 0. The van der Waals surface area contributed by atoms with Crippen molar-refractivity contribution in [2.75, 3.05) is 0 Å². The molecule has 4 heteroatoms. The van der Waals surface area contributed by atoms with Gasteiger partial charge in [-0.2, -0.15) is 0 Å². The maximum Gasteiger partial charge on any atom is 4.00 e. The summed E-state index contributed by atoms with van der Waals surface area (Å²) in [7, 11) is 0. The second-order valence-corrected chi connectivity index (χ2v) is 0. The predicted molar refractivity (Wildman–Crippen MR) is 5.75 cm³/mol. The Morgan fingerprint density at radius 1 is 0.750 bits per heavy atom. The molecular weight excluding hydrogens is 186 g/mol. The molecule has 0 N–H and O–H groups in total. The van der Waals surface area contributed by atoms with Crippen LogP contribution < -0.4 is 24.8 Å². The number of rotatable bonds is 0. The Morgan fingerprint density at radius 2 is 0.750 bits per heavy atom. The normalized spacial score (nSPS) is 0. The van der Waals surface area contributed by atoms with Crippen molar-refractivity contribution in [3.05, 3.63) is 0 Å². The molecule has 0 aliphatic rings. The van der Waals surface area contributed by atoms with Crippen LogP contribution in [0.1, 0.15) is 0 Å². The van der Waals surface area contributed by atoms with Gasteiger partial charge in [-0.25, -0.2) is 0 Å². The van der Waals surface area contributed by atoms with E-state index in [-0.39, 0.29) is 74.1 Å². The van der Waals surface area contributed by atoms with Gasteiger partial charge in [-0.15, -0.1) is 0 Å². The van der Waals surface area contributed by atoms with Gasteiger partial charge >= 0.3 is 49.3 Å². The molecule has 0 spiro atoms. The number of halogens is 2. The van der Waals surface area contributed by atoms with E-state index in [2.05, 4.69) is 0 Å². The van der Waals surface area contributed by atoms with Crippen molar-refractivity contribution in [2.24, 2.45) is 0 Å². The van der Waals surface area contributed by atoms with Gasteiger partial charge in [0.15, 0.2) is 0 Å². The molecule has 0 bridgehead atoms. The smallest absolute Gasteiger partial charge is 1.00 e. The quantitative estimate of drug-likeness (QED) is 0.330. The van der Waals surface area contributed by atoms with E-state index in [1.54, 1.807) is 0 Å². The molecule has 0 radical (unpaired) electrons. The third-order valence-electron chi connectivity index (χ3n) is 0. The molecule has 0 saturated heterocycles. The summed E-state index contributed by atoms with van der Waals surface area (Å²) in [6.45, 7) is 0. The van der Waals surface area contributed by atoms with Gasteiger partial charge in [0.05, 0.1) is 0 Å². The van der Waals surface area contributed by atoms with Gasteiger partial charge in [0, 0.05) is 0 Å². The molecule has 0 aromatic carbocycles. The van der Waals surface area contributed by atoms with Gasteiger partial charge in [0.2, 0.25) is 0 Å². The van der Waals surface area contributed by atoms with E-state index in [4.69, 9.17) is 0 Å². The largest absolute Gasteiger partial charge is 4.00 e. The van der Waals surface area contributed by atoms with E-state index in [0.29, 0.717) is 0 Å². The number of hydrogen-bond donors (Lipinski definition) is 0. The Kier molecular flexibility index (Phi) is 161. The first kappa shape index (κ1) is 34.3. The average molecular weight is 186 g/mol. The summed E-state index contributed by atoms with van der Waals surface area (Å²) in [5.41, 5.74) is 0. The monoisotopic (exact) mass is 184 g/mol. The maximum atomic E-state index is 0. The molecule has 0 saturated carbocycles. The zero-order chi connectivity index (χ0) is 0. The maximum absolute atomic E-state index is 0. The molecule has 0 aliphatic carbocycles.